The number of rotatable bonds is 4. The number of alkyl halides is 3. The molecule has 1 saturated heterocycles. The molecule has 0 aliphatic carbocycles. The van der Waals surface area contributed by atoms with Crippen molar-refractivity contribution in [1.82, 2.24) is 0 Å². The number of hydrogen-bond acceptors (Lipinski definition) is 2. The first kappa shape index (κ1) is 19.0. The van der Waals surface area contributed by atoms with Crippen LogP contribution in [0, 0.1) is 0 Å². The van der Waals surface area contributed by atoms with Gasteiger partial charge in [0.15, 0.2) is 0 Å². The van der Waals surface area contributed by atoms with Crippen LogP contribution in [0.2, 0.25) is 0 Å². The zero-order valence-corrected chi connectivity index (χ0v) is 14.8. The summed E-state index contributed by atoms with van der Waals surface area (Å²) >= 11 is 0. The third-order valence-electron chi connectivity index (χ3n) is 4.52. The molecule has 2 aromatic carbocycles. The van der Waals surface area contributed by atoms with Crippen LogP contribution in [0.5, 0.6) is 0 Å². The van der Waals surface area contributed by atoms with Gasteiger partial charge in [-0.05, 0) is 37.0 Å². The van der Waals surface area contributed by atoms with Crippen LogP contribution in [0.1, 0.15) is 24.8 Å². The maximum Gasteiger partial charge on any atom is 0.417 e. The molecule has 142 valence electrons. The van der Waals surface area contributed by atoms with E-state index in [9.17, 15) is 18.0 Å². The Morgan fingerprint density at radius 2 is 1.56 bits per heavy atom. The molecule has 2 aromatic rings. The number of nitrogens with zero attached hydrogens (tertiary/aromatic N) is 1. The molecule has 1 heterocycles. The van der Waals surface area contributed by atoms with Crippen molar-refractivity contribution in [3.63, 3.8) is 0 Å². The van der Waals surface area contributed by atoms with Gasteiger partial charge in [-0.15, -0.1) is 0 Å². The normalized spacial score (nSPS) is 15.5. The number of carbonyl (C=O) groups is 1. The lowest BCUT2D eigenvalue weighted by atomic mass is 10.0. The van der Waals surface area contributed by atoms with Crippen LogP contribution in [0.3, 0.4) is 0 Å². The molecular weight excluding hydrogens is 353 g/mol. The van der Waals surface area contributed by atoms with Crippen molar-refractivity contribution in [3.05, 3.63) is 66.2 Å². The fourth-order valence-corrected chi connectivity index (χ4v) is 3.24. The fraction of sp³-hybridized carbons (Fsp3) is 0.286. The molecule has 1 N–H and O–H groups in total. The number of carbonyl (C=O) groups excluding carboxylic acids is 1. The summed E-state index contributed by atoms with van der Waals surface area (Å²) in [7, 11) is 0. The molecule has 0 spiro atoms. The SMILES string of the molecule is O=C(/C=C(/c1ccccc1)C(F)(F)F)Nc1ccccc1N1CCCCC1. The smallest absolute Gasteiger partial charge is 0.370 e. The van der Waals surface area contributed by atoms with E-state index < -0.39 is 17.7 Å². The summed E-state index contributed by atoms with van der Waals surface area (Å²) in [6, 6.07) is 14.6. The van der Waals surface area contributed by atoms with Crippen LogP contribution in [0.25, 0.3) is 5.57 Å². The lowest BCUT2D eigenvalue weighted by molar-refractivity contribution is -0.112. The van der Waals surface area contributed by atoms with Crippen molar-refractivity contribution in [2.75, 3.05) is 23.3 Å². The highest BCUT2D eigenvalue weighted by molar-refractivity contribution is 6.06. The van der Waals surface area contributed by atoms with E-state index in [1.807, 2.05) is 12.1 Å². The summed E-state index contributed by atoms with van der Waals surface area (Å²) in [5.41, 5.74) is 0.364. The first-order valence-electron chi connectivity index (χ1n) is 8.94. The van der Waals surface area contributed by atoms with Gasteiger partial charge in [-0.2, -0.15) is 13.2 Å². The summed E-state index contributed by atoms with van der Waals surface area (Å²) in [5.74, 6) is -0.796. The number of benzene rings is 2. The molecule has 3 rings (SSSR count). The average Bonchev–Trinajstić information content (AvgIpc) is 2.67. The van der Waals surface area contributed by atoms with Crippen molar-refractivity contribution in [2.24, 2.45) is 0 Å². The van der Waals surface area contributed by atoms with Gasteiger partial charge in [0.2, 0.25) is 5.91 Å². The molecule has 0 atom stereocenters. The minimum Gasteiger partial charge on any atom is -0.370 e. The standard InChI is InChI=1S/C21H21F3N2O/c22-21(23,24)17(16-9-3-1-4-10-16)15-20(27)25-18-11-5-6-12-19(18)26-13-7-2-8-14-26/h1,3-6,9-12,15H,2,7-8,13-14H2,(H,25,27)/b17-15-. The van der Waals surface area contributed by atoms with E-state index in [-0.39, 0.29) is 5.56 Å². The predicted molar refractivity (Wildman–Crippen MR) is 102 cm³/mol. The monoisotopic (exact) mass is 374 g/mol. The van der Waals surface area contributed by atoms with Gasteiger partial charge in [-0.1, -0.05) is 42.5 Å². The molecule has 0 radical (unpaired) electrons. The number of allylic oxidation sites excluding steroid dienone is 1. The summed E-state index contributed by atoms with van der Waals surface area (Å²) in [6.45, 7) is 1.75. The van der Waals surface area contributed by atoms with Crippen LogP contribution in [-0.4, -0.2) is 25.2 Å². The third-order valence-corrected chi connectivity index (χ3v) is 4.52. The van der Waals surface area contributed by atoms with Gasteiger partial charge in [-0.25, -0.2) is 0 Å². The highest BCUT2D eigenvalue weighted by Gasteiger charge is 2.35. The molecule has 0 bridgehead atoms. The highest BCUT2D eigenvalue weighted by Crippen LogP contribution is 2.34. The Hall–Kier alpha value is -2.76. The Kier molecular flexibility index (Phi) is 5.84. The van der Waals surface area contributed by atoms with E-state index >= 15 is 0 Å². The summed E-state index contributed by atoms with van der Waals surface area (Å²) in [6.07, 6.45) is -0.698. The van der Waals surface area contributed by atoms with Gasteiger partial charge in [0, 0.05) is 19.2 Å². The van der Waals surface area contributed by atoms with E-state index in [0.29, 0.717) is 11.8 Å². The molecule has 6 heteroatoms. The van der Waals surface area contributed by atoms with Gasteiger partial charge in [-0.3, -0.25) is 4.79 Å². The van der Waals surface area contributed by atoms with E-state index in [0.717, 1.165) is 31.6 Å². The van der Waals surface area contributed by atoms with Crippen molar-refractivity contribution >= 4 is 22.9 Å². The summed E-state index contributed by atoms with van der Waals surface area (Å²) in [4.78, 5) is 14.5. The molecular formula is C21H21F3N2O. The van der Waals surface area contributed by atoms with Gasteiger partial charge in [0.1, 0.15) is 0 Å². The van der Waals surface area contributed by atoms with E-state index in [4.69, 9.17) is 0 Å². The largest absolute Gasteiger partial charge is 0.417 e. The summed E-state index contributed by atoms with van der Waals surface area (Å²) < 4.78 is 40.3. The minimum atomic E-state index is -4.62. The Labute approximate surface area is 156 Å². The Morgan fingerprint density at radius 3 is 2.22 bits per heavy atom. The number of nitrogens with one attached hydrogen (secondary N) is 1. The molecule has 0 saturated carbocycles. The van der Waals surface area contributed by atoms with Crippen molar-refractivity contribution in [1.29, 1.82) is 0 Å². The molecule has 1 amide bonds. The fourth-order valence-electron chi connectivity index (χ4n) is 3.24. The second-order valence-electron chi connectivity index (χ2n) is 6.48. The van der Waals surface area contributed by atoms with Crippen LogP contribution >= 0.6 is 0 Å². The molecule has 0 unspecified atom stereocenters. The molecule has 1 aliphatic rings. The molecule has 0 aromatic heterocycles. The van der Waals surface area contributed by atoms with Crippen molar-refractivity contribution in [3.8, 4) is 0 Å². The lowest BCUT2D eigenvalue weighted by Gasteiger charge is -2.30. The maximum atomic E-state index is 13.4. The van der Waals surface area contributed by atoms with Crippen LogP contribution in [0.15, 0.2) is 60.7 Å². The lowest BCUT2D eigenvalue weighted by Crippen LogP contribution is -2.30. The Morgan fingerprint density at radius 1 is 0.926 bits per heavy atom. The Balaban J connectivity index is 1.85. The predicted octanol–water partition coefficient (Wildman–Crippen LogP) is 5.26. The van der Waals surface area contributed by atoms with Gasteiger partial charge < -0.3 is 10.2 Å². The van der Waals surface area contributed by atoms with E-state index in [1.165, 1.54) is 30.7 Å². The maximum absolute atomic E-state index is 13.4. The number of piperidine rings is 1. The molecule has 1 aliphatic heterocycles. The minimum absolute atomic E-state index is 0.0375. The third kappa shape index (κ3) is 4.90. The van der Waals surface area contributed by atoms with Crippen LogP contribution in [-0.2, 0) is 4.79 Å². The van der Waals surface area contributed by atoms with Gasteiger partial charge in [0.25, 0.3) is 0 Å². The van der Waals surface area contributed by atoms with Gasteiger partial charge >= 0.3 is 6.18 Å². The number of anilines is 2. The topological polar surface area (TPSA) is 32.3 Å². The average molecular weight is 374 g/mol. The second-order valence-corrected chi connectivity index (χ2v) is 6.48. The zero-order valence-electron chi connectivity index (χ0n) is 14.8. The number of para-hydroxylation sites is 2. The highest BCUT2D eigenvalue weighted by atomic mass is 19.4. The number of halogens is 3. The van der Waals surface area contributed by atoms with E-state index in [2.05, 4.69) is 10.2 Å². The first-order valence-corrected chi connectivity index (χ1v) is 8.94. The number of hydrogen-bond donors (Lipinski definition) is 1. The van der Waals surface area contributed by atoms with Crippen molar-refractivity contribution in [2.45, 2.75) is 25.4 Å². The first-order chi connectivity index (χ1) is 12.9. The van der Waals surface area contributed by atoms with Crippen molar-refractivity contribution < 1.29 is 18.0 Å². The van der Waals surface area contributed by atoms with Gasteiger partial charge in [0.05, 0.1) is 16.9 Å². The quantitative estimate of drug-likeness (QED) is 0.740. The molecule has 3 nitrogen and oxygen atoms in total. The van der Waals surface area contributed by atoms with Crippen LogP contribution in [0.4, 0.5) is 24.5 Å². The number of amides is 1. The Bertz CT molecular complexity index is 810. The molecule has 27 heavy (non-hydrogen) atoms. The van der Waals surface area contributed by atoms with E-state index in [1.54, 1.807) is 18.2 Å². The zero-order chi connectivity index (χ0) is 19.3. The summed E-state index contributed by atoms with van der Waals surface area (Å²) in [5, 5.41) is 2.62. The van der Waals surface area contributed by atoms with Crippen LogP contribution < -0.4 is 10.2 Å². The second kappa shape index (κ2) is 8.29. The molecule has 1 fully saturated rings.